The predicted octanol–water partition coefficient (Wildman–Crippen LogP) is 1.15. The fourth-order valence-electron chi connectivity index (χ4n) is 1.70. The molecule has 2 heteroatoms. The van der Waals surface area contributed by atoms with E-state index in [0.717, 1.165) is 31.8 Å². The van der Waals surface area contributed by atoms with Crippen LogP contribution >= 0.6 is 0 Å². The zero-order valence-electron chi connectivity index (χ0n) is 7.34. The molecule has 0 aromatic rings. The predicted molar refractivity (Wildman–Crippen MR) is 46.5 cm³/mol. The second-order valence-electron chi connectivity index (χ2n) is 3.48. The van der Waals surface area contributed by atoms with Crippen LogP contribution in [0.3, 0.4) is 0 Å². The average molecular weight is 157 g/mol. The molecule has 66 valence electrons. The molecular formula is C9H19NO. The number of aliphatic hydroxyl groups excluding tert-OH is 1. The van der Waals surface area contributed by atoms with Crippen LogP contribution in [0.2, 0.25) is 0 Å². The van der Waals surface area contributed by atoms with Crippen molar-refractivity contribution in [3.8, 4) is 0 Å². The Morgan fingerprint density at radius 3 is 2.45 bits per heavy atom. The molecule has 2 N–H and O–H groups in total. The number of rotatable bonds is 3. The third kappa shape index (κ3) is 3.21. The van der Waals surface area contributed by atoms with Crippen LogP contribution in [0.15, 0.2) is 0 Å². The van der Waals surface area contributed by atoms with Gasteiger partial charge in [0, 0.05) is 0 Å². The monoisotopic (exact) mass is 157 g/mol. The van der Waals surface area contributed by atoms with Crippen molar-refractivity contribution in [1.82, 2.24) is 5.32 Å². The average Bonchev–Trinajstić information content (AvgIpc) is 2.04. The van der Waals surface area contributed by atoms with E-state index in [1.54, 1.807) is 0 Å². The van der Waals surface area contributed by atoms with Gasteiger partial charge in [-0.1, -0.05) is 6.92 Å². The van der Waals surface area contributed by atoms with Crippen molar-refractivity contribution in [2.75, 3.05) is 13.1 Å². The van der Waals surface area contributed by atoms with Crippen molar-refractivity contribution < 1.29 is 5.11 Å². The van der Waals surface area contributed by atoms with Crippen LogP contribution in [0.25, 0.3) is 0 Å². The van der Waals surface area contributed by atoms with Crippen molar-refractivity contribution >= 4 is 0 Å². The molecule has 1 aliphatic rings. The topological polar surface area (TPSA) is 32.3 Å². The van der Waals surface area contributed by atoms with E-state index in [2.05, 4.69) is 12.2 Å². The van der Waals surface area contributed by atoms with E-state index in [0.29, 0.717) is 0 Å². The summed E-state index contributed by atoms with van der Waals surface area (Å²) in [7, 11) is 0. The van der Waals surface area contributed by atoms with Crippen molar-refractivity contribution in [3.05, 3.63) is 0 Å². The smallest absolute Gasteiger partial charge is 0.0540 e. The normalized spacial score (nSPS) is 32.2. The Labute approximate surface area is 69.0 Å². The maximum atomic E-state index is 9.23. The number of nitrogens with one attached hydrogen (secondary N) is 1. The Morgan fingerprint density at radius 1 is 1.27 bits per heavy atom. The third-order valence-electron chi connectivity index (χ3n) is 2.50. The molecule has 0 amide bonds. The zero-order valence-corrected chi connectivity index (χ0v) is 7.34. The summed E-state index contributed by atoms with van der Waals surface area (Å²) in [5, 5.41) is 12.6. The summed E-state index contributed by atoms with van der Waals surface area (Å²) in [5.41, 5.74) is 0. The molecule has 0 bridgehead atoms. The highest BCUT2D eigenvalue weighted by molar-refractivity contribution is 4.72. The molecule has 1 saturated carbocycles. The van der Waals surface area contributed by atoms with Crippen molar-refractivity contribution in [3.63, 3.8) is 0 Å². The highest BCUT2D eigenvalue weighted by Crippen LogP contribution is 2.23. The number of hydrogen-bond donors (Lipinski definition) is 2. The lowest BCUT2D eigenvalue weighted by atomic mass is 9.87. The van der Waals surface area contributed by atoms with Gasteiger partial charge in [-0.3, -0.25) is 0 Å². The number of hydrogen-bond acceptors (Lipinski definition) is 2. The van der Waals surface area contributed by atoms with Crippen molar-refractivity contribution in [1.29, 1.82) is 0 Å². The molecule has 11 heavy (non-hydrogen) atoms. The first-order valence-electron chi connectivity index (χ1n) is 4.71. The van der Waals surface area contributed by atoms with Crippen LogP contribution in [0, 0.1) is 5.92 Å². The maximum absolute atomic E-state index is 9.23. The van der Waals surface area contributed by atoms with E-state index < -0.39 is 0 Å². The van der Waals surface area contributed by atoms with E-state index >= 15 is 0 Å². The van der Waals surface area contributed by atoms with Gasteiger partial charge in [0.2, 0.25) is 0 Å². The second kappa shape index (κ2) is 4.73. The lowest BCUT2D eigenvalue weighted by molar-refractivity contribution is 0.108. The standard InChI is InChI=1S/C9H19NO/c1-2-10-7-8-3-5-9(11)6-4-8/h8-11H,2-7H2,1H3/t8-,9-. The SMILES string of the molecule is CCNC[C@H]1CC[C@H](O)CC1. The van der Waals surface area contributed by atoms with Crippen molar-refractivity contribution in [2.45, 2.75) is 38.7 Å². The van der Waals surface area contributed by atoms with E-state index in [-0.39, 0.29) is 6.10 Å². The Kier molecular flexibility index (Phi) is 3.87. The van der Waals surface area contributed by atoms with E-state index in [9.17, 15) is 5.11 Å². The molecule has 0 aromatic carbocycles. The molecule has 0 heterocycles. The minimum Gasteiger partial charge on any atom is -0.393 e. The minimum atomic E-state index is -0.00660. The largest absolute Gasteiger partial charge is 0.393 e. The zero-order chi connectivity index (χ0) is 8.10. The fraction of sp³-hybridized carbons (Fsp3) is 1.00. The van der Waals surface area contributed by atoms with Gasteiger partial charge in [-0.25, -0.2) is 0 Å². The summed E-state index contributed by atoms with van der Waals surface area (Å²) in [6.45, 7) is 4.35. The summed E-state index contributed by atoms with van der Waals surface area (Å²) in [6.07, 6.45) is 4.42. The molecule has 0 unspecified atom stereocenters. The summed E-state index contributed by atoms with van der Waals surface area (Å²) in [5.74, 6) is 0.818. The molecule has 1 aliphatic carbocycles. The lowest BCUT2D eigenvalue weighted by Crippen LogP contribution is -2.27. The molecular weight excluding hydrogens is 138 g/mol. The van der Waals surface area contributed by atoms with E-state index in [4.69, 9.17) is 0 Å². The van der Waals surface area contributed by atoms with Crippen LogP contribution in [-0.4, -0.2) is 24.3 Å². The second-order valence-corrected chi connectivity index (χ2v) is 3.48. The third-order valence-corrected chi connectivity index (χ3v) is 2.50. The summed E-state index contributed by atoms with van der Waals surface area (Å²) >= 11 is 0. The maximum Gasteiger partial charge on any atom is 0.0540 e. The first kappa shape index (κ1) is 9.01. The molecule has 0 atom stereocenters. The Balaban J connectivity index is 2.07. The molecule has 0 radical (unpaired) electrons. The van der Waals surface area contributed by atoms with Gasteiger partial charge in [-0.2, -0.15) is 0 Å². The lowest BCUT2D eigenvalue weighted by Gasteiger charge is -2.25. The molecule has 0 spiro atoms. The summed E-state index contributed by atoms with van der Waals surface area (Å²) in [6, 6.07) is 0. The van der Waals surface area contributed by atoms with Crippen molar-refractivity contribution in [2.24, 2.45) is 5.92 Å². The van der Waals surface area contributed by atoms with Gasteiger partial charge in [-0.15, -0.1) is 0 Å². The minimum absolute atomic E-state index is 0.00660. The Morgan fingerprint density at radius 2 is 1.91 bits per heavy atom. The molecule has 0 saturated heterocycles. The van der Waals surface area contributed by atoms with Gasteiger partial charge in [0.1, 0.15) is 0 Å². The van der Waals surface area contributed by atoms with Crippen LogP contribution < -0.4 is 5.32 Å². The molecule has 2 nitrogen and oxygen atoms in total. The fourth-order valence-corrected chi connectivity index (χ4v) is 1.70. The van der Waals surface area contributed by atoms with Crippen LogP contribution in [0.4, 0.5) is 0 Å². The first-order valence-corrected chi connectivity index (χ1v) is 4.71. The van der Waals surface area contributed by atoms with E-state index in [1.807, 2.05) is 0 Å². The van der Waals surface area contributed by atoms with Crippen LogP contribution in [0.1, 0.15) is 32.6 Å². The van der Waals surface area contributed by atoms with Gasteiger partial charge in [0.05, 0.1) is 6.10 Å². The van der Waals surface area contributed by atoms with Gasteiger partial charge >= 0.3 is 0 Å². The summed E-state index contributed by atoms with van der Waals surface area (Å²) < 4.78 is 0. The van der Waals surface area contributed by atoms with Gasteiger partial charge < -0.3 is 10.4 Å². The van der Waals surface area contributed by atoms with Crippen LogP contribution in [0.5, 0.6) is 0 Å². The van der Waals surface area contributed by atoms with Gasteiger partial charge in [0.25, 0.3) is 0 Å². The molecule has 0 aliphatic heterocycles. The number of aliphatic hydroxyl groups is 1. The Bertz CT molecular complexity index is 95.0. The highest BCUT2D eigenvalue weighted by Gasteiger charge is 2.18. The Hall–Kier alpha value is -0.0800. The highest BCUT2D eigenvalue weighted by atomic mass is 16.3. The molecule has 1 fully saturated rings. The molecule has 0 aromatic heterocycles. The van der Waals surface area contributed by atoms with E-state index in [1.165, 1.54) is 12.8 Å². The van der Waals surface area contributed by atoms with Crippen LogP contribution in [-0.2, 0) is 0 Å². The quantitative estimate of drug-likeness (QED) is 0.644. The summed E-state index contributed by atoms with van der Waals surface area (Å²) in [4.78, 5) is 0. The molecule has 1 rings (SSSR count). The first-order chi connectivity index (χ1) is 5.33. The van der Waals surface area contributed by atoms with Gasteiger partial charge in [-0.05, 0) is 44.7 Å². The van der Waals surface area contributed by atoms with Gasteiger partial charge in [0.15, 0.2) is 0 Å².